The predicted molar refractivity (Wildman–Crippen MR) is 54.4 cm³/mol. The minimum Gasteiger partial charge on any atom is -0.413 e. The van der Waals surface area contributed by atoms with Crippen molar-refractivity contribution in [1.29, 1.82) is 0 Å². The summed E-state index contributed by atoms with van der Waals surface area (Å²) < 4.78 is 16.2. The van der Waals surface area contributed by atoms with Gasteiger partial charge >= 0.3 is 8.80 Å². The van der Waals surface area contributed by atoms with Gasteiger partial charge in [-0.1, -0.05) is 6.58 Å². The third kappa shape index (κ3) is 3.64. The van der Waals surface area contributed by atoms with E-state index in [2.05, 4.69) is 26.2 Å². The van der Waals surface area contributed by atoms with E-state index in [1.807, 2.05) is 0 Å². The van der Waals surface area contributed by atoms with Gasteiger partial charge in [-0.25, -0.2) is 0 Å². The van der Waals surface area contributed by atoms with Crippen LogP contribution in [0.15, 0.2) is 12.3 Å². The topological polar surface area (TPSA) is 27.7 Å². The maximum Gasteiger partial charge on any atom is 0.517 e. The van der Waals surface area contributed by atoms with Gasteiger partial charge in [0, 0.05) is 14.2 Å². The summed E-state index contributed by atoms with van der Waals surface area (Å²) in [6.45, 7) is 9.95. The van der Waals surface area contributed by atoms with Gasteiger partial charge in [0.15, 0.2) is 8.32 Å². The van der Waals surface area contributed by atoms with E-state index in [4.69, 9.17) is 13.0 Å². The van der Waals surface area contributed by atoms with Gasteiger partial charge < -0.3 is 13.0 Å². The average molecular weight is 206 g/mol. The van der Waals surface area contributed by atoms with Crippen molar-refractivity contribution in [2.75, 3.05) is 14.2 Å². The van der Waals surface area contributed by atoms with Crippen molar-refractivity contribution in [1.82, 2.24) is 0 Å². The third-order valence-electron chi connectivity index (χ3n) is 1.27. The maximum absolute atomic E-state index is 5.79. The molecule has 3 nitrogen and oxygen atoms in total. The van der Waals surface area contributed by atoms with Crippen molar-refractivity contribution in [2.24, 2.45) is 0 Å². The van der Waals surface area contributed by atoms with E-state index in [-0.39, 0.29) is 0 Å². The molecule has 0 saturated heterocycles. The Morgan fingerprint density at radius 2 is 1.50 bits per heavy atom. The first-order valence-electron chi connectivity index (χ1n) is 3.83. The highest BCUT2D eigenvalue weighted by molar-refractivity contribution is 6.81. The first-order valence-corrected chi connectivity index (χ1v) is 9.04. The van der Waals surface area contributed by atoms with Crippen LogP contribution in [-0.2, 0) is 13.0 Å². The van der Waals surface area contributed by atoms with Crippen LogP contribution in [0, 0.1) is 0 Å². The highest BCUT2D eigenvalue weighted by atomic mass is 28.5. The highest BCUT2D eigenvalue weighted by Crippen LogP contribution is 2.15. The molecule has 0 aliphatic rings. The monoisotopic (exact) mass is 206 g/mol. The molecule has 72 valence electrons. The van der Waals surface area contributed by atoms with E-state index in [0.717, 1.165) is 0 Å². The molecule has 0 aliphatic heterocycles. The van der Waals surface area contributed by atoms with Crippen LogP contribution in [0.1, 0.15) is 0 Å². The summed E-state index contributed by atoms with van der Waals surface area (Å²) in [5.74, 6) is 0. The summed E-state index contributed by atoms with van der Waals surface area (Å²) in [6.07, 6.45) is 0. The third-order valence-corrected chi connectivity index (χ3v) is 6.49. The molecule has 0 atom stereocenters. The zero-order valence-electron chi connectivity index (χ0n) is 8.51. The Balaban J connectivity index is 4.41. The summed E-state index contributed by atoms with van der Waals surface area (Å²) in [5.41, 5.74) is 1.66. The smallest absolute Gasteiger partial charge is 0.413 e. The molecule has 0 aromatic carbocycles. The van der Waals surface area contributed by atoms with E-state index in [0.29, 0.717) is 0 Å². The van der Waals surface area contributed by atoms with Crippen LogP contribution in [0.3, 0.4) is 0 Å². The zero-order valence-corrected chi connectivity index (χ0v) is 10.5. The van der Waals surface area contributed by atoms with Crippen molar-refractivity contribution in [3.05, 3.63) is 12.3 Å². The molecule has 0 aliphatic carbocycles. The van der Waals surface area contributed by atoms with Crippen molar-refractivity contribution in [2.45, 2.75) is 19.6 Å². The Morgan fingerprint density at radius 3 is 1.58 bits per heavy atom. The molecular weight excluding hydrogens is 188 g/mol. The Bertz CT molecular complexity index is 149. The van der Waals surface area contributed by atoms with Gasteiger partial charge in [0.1, 0.15) is 0 Å². The SMILES string of the molecule is C=C[Si](OC)(OC)O[Si](C)(C)C. The minimum absolute atomic E-state index is 1.59. The van der Waals surface area contributed by atoms with Gasteiger partial charge in [-0.2, -0.15) is 0 Å². The first kappa shape index (κ1) is 12.1. The van der Waals surface area contributed by atoms with Crippen LogP contribution < -0.4 is 0 Å². The Labute approximate surface area is 76.8 Å². The lowest BCUT2D eigenvalue weighted by Crippen LogP contribution is -2.49. The van der Waals surface area contributed by atoms with Crippen LogP contribution in [0.25, 0.3) is 0 Å². The van der Waals surface area contributed by atoms with Crippen molar-refractivity contribution in [3.63, 3.8) is 0 Å². The van der Waals surface area contributed by atoms with E-state index >= 15 is 0 Å². The lowest BCUT2D eigenvalue weighted by atomic mass is 11.3. The standard InChI is InChI=1S/C7H18O3Si2/c1-7-12(8-2,9-3)10-11(4,5)6/h7H,1H2,2-6H3. The molecule has 12 heavy (non-hydrogen) atoms. The van der Waals surface area contributed by atoms with Crippen LogP contribution >= 0.6 is 0 Å². The van der Waals surface area contributed by atoms with E-state index < -0.39 is 17.1 Å². The second-order valence-corrected chi connectivity index (χ2v) is 10.9. The molecule has 0 saturated carbocycles. The lowest BCUT2D eigenvalue weighted by Gasteiger charge is -2.30. The second kappa shape index (κ2) is 4.34. The summed E-state index contributed by atoms with van der Waals surface area (Å²) in [5, 5.41) is 0. The quantitative estimate of drug-likeness (QED) is 0.642. The lowest BCUT2D eigenvalue weighted by molar-refractivity contribution is 0.174. The molecule has 0 bridgehead atoms. The molecule has 0 radical (unpaired) electrons. The Morgan fingerprint density at radius 1 is 1.08 bits per heavy atom. The number of hydrogen-bond donors (Lipinski definition) is 0. The van der Waals surface area contributed by atoms with Crippen molar-refractivity contribution >= 4 is 17.1 Å². The van der Waals surface area contributed by atoms with Gasteiger partial charge in [0.25, 0.3) is 0 Å². The summed E-state index contributed by atoms with van der Waals surface area (Å²) in [4.78, 5) is 0. The fourth-order valence-electron chi connectivity index (χ4n) is 0.802. The highest BCUT2D eigenvalue weighted by Gasteiger charge is 2.39. The van der Waals surface area contributed by atoms with E-state index in [9.17, 15) is 0 Å². The summed E-state index contributed by atoms with van der Waals surface area (Å²) in [7, 11) is -0.953. The second-order valence-electron chi connectivity index (χ2n) is 3.43. The summed E-state index contributed by atoms with van der Waals surface area (Å²) in [6, 6.07) is 0. The van der Waals surface area contributed by atoms with Gasteiger partial charge in [0.2, 0.25) is 0 Å². The summed E-state index contributed by atoms with van der Waals surface area (Å²) >= 11 is 0. The minimum atomic E-state index is -2.53. The molecule has 0 N–H and O–H groups in total. The molecule has 0 spiro atoms. The van der Waals surface area contributed by atoms with Crippen LogP contribution in [0.4, 0.5) is 0 Å². The van der Waals surface area contributed by atoms with Gasteiger partial charge in [-0.3, -0.25) is 0 Å². The fourth-order valence-corrected chi connectivity index (χ4v) is 5.72. The number of hydrogen-bond acceptors (Lipinski definition) is 3. The van der Waals surface area contributed by atoms with Crippen LogP contribution in [0.5, 0.6) is 0 Å². The van der Waals surface area contributed by atoms with Crippen LogP contribution in [-0.4, -0.2) is 31.3 Å². The molecule has 0 aromatic rings. The van der Waals surface area contributed by atoms with Gasteiger partial charge in [-0.05, 0) is 25.3 Å². The van der Waals surface area contributed by atoms with E-state index in [1.54, 1.807) is 19.9 Å². The van der Waals surface area contributed by atoms with Gasteiger partial charge in [0.05, 0.1) is 0 Å². The van der Waals surface area contributed by atoms with E-state index in [1.165, 1.54) is 0 Å². The molecule has 0 rings (SSSR count). The van der Waals surface area contributed by atoms with Crippen molar-refractivity contribution in [3.8, 4) is 0 Å². The molecule has 0 amide bonds. The van der Waals surface area contributed by atoms with Crippen molar-refractivity contribution < 1.29 is 13.0 Å². The first-order chi connectivity index (χ1) is 5.39. The number of rotatable bonds is 5. The van der Waals surface area contributed by atoms with Crippen LogP contribution in [0.2, 0.25) is 19.6 Å². The molecule has 0 heterocycles. The predicted octanol–water partition coefficient (Wildman–Crippen LogP) is 1.79. The Kier molecular flexibility index (Phi) is 4.35. The molecular formula is C7H18O3Si2. The Hall–Kier alpha value is 0.0538. The molecule has 0 fully saturated rings. The zero-order chi connectivity index (χ0) is 9.83. The molecule has 0 aromatic heterocycles. The van der Waals surface area contributed by atoms with Gasteiger partial charge in [-0.15, -0.1) is 0 Å². The molecule has 0 unspecified atom stereocenters. The molecule has 5 heteroatoms. The normalized spacial score (nSPS) is 13.1. The average Bonchev–Trinajstić information content (AvgIpc) is 1.99. The fraction of sp³-hybridized carbons (Fsp3) is 0.714. The largest absolute Gasteiger partial charge is 0.517 e. The maximum atomic E-state index is 5.79.